The van der Waals surface area contributed by atoms with Crippen molar-refractivity contribution in [3.63, 3.8) is 0 Å². The van der Waals surface area contributed by atoms with Crippen LogP contribution in [-0.4, -0.2) is 38.8 Å². The molecule has 9 nitrogen and oxygen atoms in total. The molecular weight excluding hydrogens is 362 g/mol. The van der Waals surface area contributed by atoms with Crippen molar-refractivity contribution in [2.75, 3.05) is 0 Å². The van der Waals surface area contributed by atoms with Crippen LogP contribution in [0.15, 0.2) is 4.79 Å². The summed E-state index contributed by atoms with van der Waals surface area (Å²) in [5.41, 5.74) is -0.963. The minimum absolute atomic E-state index is 0.103. The van der Waals surface area contributed by atoms with Crippen molar-refractivity contribution in [1.29, 1.82) is 0 Å². The van der Waals surface area contributed by atoms with Crippen molar-refractivity contribution in [1.82, 2.24) is 25.8 Å². The molecule has 1 heterocycles. The van der Waals surface area contributed by atoms with E-state index < -0.39 is 17.4 Å². The molecule has 1 aromatic rings. The highest BCUT2D eigenvalue weighted by Gasteiger charge is 2.24. The van der Waals surface area contributed by atoms with Gasteiger partial charge in [0, 0.05) is 12.5 Å². The van der Waals surface area contributed by atoms with Crippen LogP contribution in [0.2, 0.25) is 0 Å². The Morgan fingerprint density at radius 1 is 1.25 bits per heavy atom. The van der Waals surface area contributed by atoms with Gasteiger partial charge in [-0.2, -0.15) is 5.10 Å². The minimum atomic E-state index is -0.558. The first-order valence-corrected chi connectivity index (χ1v) is 10.1. The van der Waals surface area contributed by atoms with Crippen molar-refractivity contribution in [3.8, 4) is 0 Å². The number of carbonyl (C=O) groups excluding carboxylic acids is 2. The summed E-state index contributed by atoms with van der Waals surface area (Å²) in [6.07, 6.45) is 7.31. The fourth-order valence-corrected chi connectivity index (χ4v) is 3.51. The Kier molecular flexibility index (Phi) is 8.07. The number of ether oxygens (including phenoxy) is 1. The van der Waals surface area contributed by atoms with Gasteiger partial charge in [-0.1, -0.05) is 32.1 Å². The second kappa shape index (κ2) is 10.3. The van der Waals surface area contributed by atoms with Gasteiger partial charge in [-0.25, -0.2) is 14.7 Å². The van der Waals surface area contributed by atoms with Crippen LogP contribution in [0.1, 0.15) is 78.0 Å². The van der Waals surface area contributed by atoms with Crippen molar-refractivity contribution in [2.24, 2.45) is 5.92 Å². The maximum absolute atomic E-state index is 12.2. The zero-order valence-electron chi connectivity index (χ0n) is 17.1. The fourth-order valence-electron chi connectivity index (χ4n) is 3.51. The molecule has 0 saturated heterocycles. The average molecular weight is 396 g/mol. The van der Waals surface area contributed by atoms with Crippen molar-refractivity contribution >= 4 is 12.0 Å². The topological polar surface area (TPSA) is 129 Å². The summed E-state index contributed by atoms with van der Waals surface area (Å²) in [6, 6.07) is -0.103. The predicted molar refractivity (Wildman–Crippen MR) is 105 cm³/mol. The van der Waals surface area contributed by atoms with Gasteiger partial charge >= 0.3 is 11.8 Å². The molecule has 28 heavy (non-hydrogen) atoms. The number of carbonyl (C=O) groups is 2. The van der Waals surface area contributed by atoms with Crippen LogP contribution in [-0.2, 0) is 16.1 Å². The molecule has 1 aliphatic carbocycles. The first kappa shape index (κ1) is 22.0. The maximum atomic E-state index is 12.2. The highest BCUT2D eigenvalue weighted by molar-refractivity contribution is 5.76. The number of aromatic amines is 2. The Morgan fingerprint density at radius 3 is 2.57 bits per heavy atom. The Labute approximate surface area is 165 Å². The number of hydrogen-bond donors (Lipinski definition) is 4. The summed E-state index contributed by atoms with van der Waals surface area (Å²) in [4.78, 5) is 37.8. The molecule has 158 valence electrons. The van der Waals surface area contributed by atoms with Crippen LogP contribution in [0.25, 0.3) is 0 Å². The van der Waals surface area contributed by atoms with E-state index in [1.54, 1.807) is 0 Å². The van der Waals surface area contributed by atoms with Crippen LogP contribution < -0.4 is 16.3 Å². The van der Waals surface area contributed by atoms with Crippen LogP contribution in [0, 0.1) is 5.92 Å². The van der Waals surface area contributed by atoms with Gasteiger partial charge in [0.25, 0.3) is 0 Å². The molecule has 9 heteroatoms. The van der Waals surface area contributed by atoms with Crippen LogP contribution in [0.5, 0.6) is 0 Å². The predicted octanol–water partition coefficient (Wildman–Crippen LogP) is 2.36. The lowest BCUT2D eigenvalue weighted by molar-refractivity contribution is -0.121. The molecule has 1 fully saturated rings. The highest BCUT2D eigenvalue weighted by atomic mass is 16.6. The molecule has 4 N–H and O–H groups in total. The van der Waals surface area contributed by atoms with E-state index in [1.165, 1.54) is 32.1 Å². The zero-order chi connectivity index (χ0) is 20.6. The molecule has 1 unspecified atom stereocenters. The standard InChI is InChI=1S/C19H33N5O4/c1-19(2,3)28-18(27)21-14(11-13-7-5-4-6-8-13)9-10-16(25)20-12-15-22-17(26)24-23-15/h13-14H,4-12H2,1-3H3,(H,20,25)(H,21,27)(H2,22,23,24,26). The Hall–Kier alpha value is -2.32. The lowest BCUT2D eigenvalue weighted by Crippen LogP contribution is -2.41. The van der Waals surface area contributed by atoms with E-state index in [9.17, 15) is 14.4 Å². The number of H-pyrrole nitrogens is 2. The van der Waals surface area contributed by atoms with E-state index in [2.05, 4.69) is 25.8 Å². The molecule has 0 spiro atoms. The van der Waals surface area contributed by atoms with Crippen LogP contribution >= 0.6 is 0 Å². The molecule has 1 saturated carbocycles. The molecule has 1 aromatic heterocycles. The lowest BCUT2D eigenvalue weighted by atomic mass is 9.84. The highest BCUT2D eigenvalue weighted by Crippen LogP contribution is 2.28. The van der Waals surface area contributed by atoms with E-state index in [1.807, 2.05) is 20.8 Å². The molecule has 0 bridgehead atoms. The van der Waals surface area contributed by atoms with Gasteiger partial charge < -0.3 is 15.4 Å². The maximum Gasteiger partial charge on any atom is 0.407 e. The third kappa shape index (κ3) is 8.58. The summed E-state index contributed by atoms with van der Waals surface area (Å²) in [5, 5.41) is 11.7. The van der Waals surface area contributed by atoms with Crippen LogP contribution in [0.4, 0.5) is 4.79 Å². The van der Waals surface area contributed by atoms with E-state index in [0.29, 0.717) is 18.2 Å². The Bertz CT molecular complexity index is 685. The number of alkyl carbamates (subject to hydrolysis) is 1. The molecule has 2 amide bonds. The van der Waals surface area contributed by atoms with Crippen molar-refractivity contribution in [2.45, 2.75) is 90.3 Å². The second-order valence-electron chi connectivity index (χ2n) is 8.52. The van der Waals surface area contributed by atoms with Crippen molar-refractivity contribution < 1.29 is 14.3 Å². The molecule has 0 aliphatic heterocycles. The monoisotopic (exact) mass is 395 g/mol. The normalized spacial score (nSPS) is 16.4. The van der Waals surface area contributed by atoms with Gasteiger partial charge in [0.05, 0.1) is 6.54 Å². The van der Waals surface area contributed by atoms with E-state index in [0.717, 1.165) is 6.42 Å². The molecule has 0 radical (unpaired) electrons. The van der Waals surface area contributed by atoms with Crippen molar-refractivity contribution in [3.05, 3.63) is 16.3 Å². The van der Waals surface area contributed by atoms with Gasteiger partial charge in [-0.15, -0.1) is 0 Å². The third-order valence-corrected chi connectivity index (χ3v) is 4.79. The minimum Gasteiger partial charge on any atom is -0.444 e. The smallest absolute Gasteiger partial charge is 0.407 e. The van der Waals surface area contributed by atoms with Crippen LogP contribution in [0.3, 0.4) is 0 Å². The first-order chi connectivity index (χ1) is 13.2. The summed E-state index contributed by atoms with van der Waals surface area (Å²) in [7, 11) is 0. The molecule has 1 aliphatic rings. The van der Waals surface area contributed by atoms with Gasteiger partial charge in [0.1, 0.15) is 11.4 Å². The van der Waals surface area contributed by atoms with E-state index >= 15 is 0 Å². The van der Waals surface area contributed by atoms with Gasteiger partial charge in [-0.3, -0.25) is 9.78 Å². The number of amides is 2. The summed E-state index contributed by atoms with van der Waals surface area (Å²) in [6.45, 7) is 5.64. The van der Waals surface area contributed by atoms with Gasteiger partial charge in [-0.05, 0) is 39.5 Å². The number of hydrogen-bond acceptors (Lipinski definition) is 5. The second-order valence-corrected chi connectivity index (χ2v) is 8.52. The van der Waals surface area contributed by atoms with E-state index in [-0.39, 0.29) is 24.9 Å². The first-order valence-electron chi connectivity index (χ1n) is 10.1. The number of rotatable bonds is 8. The lowest BCUT2D eigenvalue weighted by Gasteiger charge is -2.28. The summed E-state index contributed by atoms with van der Waals surface area (Å²) < 4.78 is 5.38. The third-order valence-electron chi connectivity index (χ3n) is 4.79. The van der Waals surface area contributed by atoms with E-state index in [4.69, 9.17) is 4.74 Å². The molecule has 2 rings (SSSR count). The van der Waals surface area contributed by atoms with Gasteiger partial charge in [0.2, 0.25) is 5.91 Å². The quantitative estimate of drug-likeness (QED) is 0.537. The number of aromatic nitrogens is 3. The fraction of sp³-hybridized carbons (Fsp3) is 0.789. The zero-order valence-corrected chi connectivity index (χ0v) is 17.1. The Balaban J connectivity index is 1.83. The summed E-state index contributed by atoms with van der Waals surface area (Å²) in [5.74, 6) is 0.804. The largest absolute Gasteiger partial charge is 0.444 e. The summed E-state index contributed by atoms with van der Waals surface area (Å²) >= 11 is 0. The number of nitrogens with one attached hydrogen (secondary N) is 4. The van der Waals surface area contributed by atoms with Gasteiger partial charge in [0.15, 0.2) is 0 Å². The average Bonchev–Trinajstić information content (AvgIpc) is 3.02. The molecular formula is C19H33N5O4. The Morgan fingerprint density at radius 2 is 1.96 bits per heavy atom. The SMILES string of the molecule is CC(C)(C)OC(=O)NC(CCC(=O)NCc1n[nH]c(=O)[nH]1)CC1CCCCC1. The number of nitrogens with zero attached hydrogens (tertiary/aromatic N) is 1. The molecule has 1 atom stereocenters. The molecule has 0 aromatic carbocycles.